The SMILES string of the molecule is CNCc1cc(S(=O)(=O)NCCc2ncno2)ccc1F. The van der Waals surface area contributed by atoms with Gasteiger partial charge in [-0.05, 0) is 25.2 Å². The van der Waals surface area contributed by atoms with Crippen LogP contribution in [0.25, 0.3) is 0 Å². The van der Waals surface area contributed by atoms with Crippen LogP contribution in [0, 0.1) is 5.82 Å². The molecule has 0 spiro atoms. The van der Waals surface area contributed by atoms with E-state index < -0.39 is 15.8 Å². The van der Waals surface area contributed by atoms with E-state index in [1.807, 2.05) is 0 Å². The number of benzene rings is 1. The molecular formula is C12H15FN4O3S. The Morgan fingerprint density at radius 1 is 1.38 bits per heavy atom. The van der Waals surface area contributed by atoms with Crippen molar-refractivity contribution >= 4 is 10.0 Å². The van der Waals surface area contributed by atoms with E-state index in [1.54, 1.807) is 7.05 Å². The van der Waals surface area contributed by atoms with E-state index in [2.05, 4.69) is 20.2 Å². The standard InChI is InChI=1S/C12H15FN4O3S/c1-14-7-9-6-10(2-3-11(9)13)21(18,19)17-5-4-12-15-8-16-20-12/h2-3,6,8,14,17H,4-5,7H2,1H3. The van der Waals surface area contributed by atoms with Gasteiger partial charge >= 0.3 is 0 Å². The molecule has 2 rings (SSSR count). The molecular weight excluding hydrogens is 299 g/mol. The highest BCUT2D eigenvalue weighted by atomic mass is 32.2. The van der Waals surface area contributed by atoms with Crippen LogP contribution in [0.2, 0.25) is 0 Å². The smallest absolute Gasteiger partial charge is 0.240 e. The van der Waals surface area contributed by atoms with Crippen LogP contribution in [0.4, 0.5) is 4.39 Å². The van der Waals surface area contributed by atoms with E-state index in [9.17, 15) is 12.8 Å². The summed E-state index contributed by atoms with van der Waals surface area (Å²) in [5.41, 5.74) is 0.289. The summed E-state index contributed by atoms with van der Waals surface area (Å²) in [4.78, 5) is 3.80. The molecule has 0 aliphatic heterocycles. The van der Waals surface area contributed by atoms with Crippen molar-refractivity contribution in [3.63, 3.8) is 0 Å². The fourth-order valence-electron chi connectivity index (χ4n) is 1.73. The van der Waals surface area contributed by atoms with Gasteiger partial charge in [0.1, 0.15) is 5.82 Å². The molecule has 2 N–H and O–H groups in total. The maximum absolute atomic E-state index is 13.5. The lowest BCUT2D eigenvalue weighted by Crippen LogP contribution is -2.26. The van der Waals surface area contributed by atoms with Crippen LogP contribution >= 0.6 is 0 Å². The van der Waals surface area contributed by atoms with Crippen LogP contribution in [0.5, 0.6) is 0 Å². The molecule has 2 aromatic rings. The highest BCUT2D eigenvalue weighted by Crippen LogP contribution is 2.15. The zero-order valence-corrected chi connectivity index (χ0v) is 12.2. The maximum Gasteiger partial charge on any atom is 0.240 e. The van der Waals surface area contributed by atoms with Crippen molar-refractivity contribution < 1.29 is 17.3 Å². The molecule has 9 heteroatoms. The predicted molar refractivity (Wildman–Crippen MR) is 72.4 cm³/mol. The van der Waals surface area contributed by atoms with E-state index in [1.165, 1.54) is 18.5 Å². The second-order valence-corrected chi connectivity index (χ2v) is 6.03. The molecule has 0 saturated heterocycles. The van der Waals surface area contributed by atoms with Gasteiger partial charge in [0.15, 0.2) is 6.33 Å². The normalized spacial score (nSPS) is 11.7. The Bertz CT molecular complexity index is 689. The number of sulfonamides is 1. The van der Waals surface area contributed by atoms with E-state index in [4.69, 9.17) is 4.52 Å². The Kier molecular flexibility index (Phi) is 4.99. The number of halogens is 1. The van der Waals surface area contributed by atoms with Crippen molar-refractivity contribution in [2.75, 3.05) is 13.6 Å². The van der Waals surface area contributed by atoms with E-state index in [-0.39, 0.29) is 30.0 Å². The summed E-state index contributed by atoms with van der Waals surface area (Å²) >= 11 is 0. The van der Waals surface area contributed by atoms with Gasteiger partial charge in [-0.3, -0.25) is 0 Å². The minimum absolute atomic E-state index is 0.0136. The highest BCUT2D eigenvalue weighted by molar-refractivity contribution is 7.89. The number of rotatable bonds is 7. The second kappa shape index (κ2) is 6.74. The van der Waals surface area contributed by atoms with Crippen molar-refractivity contribution in [2.45, 2.75) is 17.9 Å². The zero-order valence-electron chi connectivity index (χ0n) is 11.3. The molecule has 0 fully saturated rings. The van der Waals surface area contributed by atoms with Gasteiger partial charge in [0.05, 0.1) is 4.90 Å². The molecule has 0 aliphatic rings. The molecule has 0 bridgehead atoms. The maximum atomic E-state index is 13.5. The first-order chi connectivity index (χ1) is 10.0. The monoisotopic (exact) mass is 314 g/mol. The Labute approximate surface area is 121 Å². The van der Waals surface area contributed by atoms with Gasteiger partial charge < -0.3 is 9.84 Å². The van der Waals surface area contributed by atoms with Crippen LogP contribution in [-0.2, 0) is 23.0 Å². The molecule has 0 atom stereocenters. The van der Waals surface area contributed by atoms with Crippen LogP contribution in [0.3, 0.4) is 0 Å². The fraction of sp³-hybridized carbons (Fsp3) is 0.333. The van der Waals surface area contributed by atoms with E-state index in [0.717, 1.165) is 6.07 Å². The summed E-state index contributed by atoms with van der Waals surface area (Å²) in [6.45, 7) is 0.362. The third-order valence-electron chi connectivity index (χ3n) is 2.73. The molecule has 0 amide bonds. The lowest BCUT2D eigenvalue weighted by molar-refractivity contribution is 0.377. The number of hydrogen-bond acceptors (Lipinski definition) is 6. The first-order valence-electron chi connectivity index (χ1n) is 6.21. The number of aromatic nitrogens is 2. The van der Waals surface area contributed by atoms with Crippen molar-refractivity contribution in [2.24, 2.45) is 0 Å². The van der Waals surface area contributed by atoms with E-state index >= 15 is 0 Å². The van der Waals surface area contributed by atoms with Crippen molar-refractivity contribution in [3.05, 3.63) is 41.8 Å². The van der Waals surface area contributed by atoms with Gasteiger partial charge in [-0.15, -0.1) is 0 Å². The van der Waals surface area contributed by atoms with Gasteiger partial charge in [-0.1, -0.05) is 5.16 Å². The molecule has 1 heterocycles. The first kappa shape index (κ1) is 15.5. The molecule has 0 radical (unpaired) electrons. The van der Waals surface area contributed by atoms with Gasteiger partial charge in [0.25, 0.3) is 0 Å². The summed E-state index contributed by atoms with van der Waals surface area (Å²) in [6.07, 6.45) is 1.53. The van der Waals surface area contributed by atoms with Crippen molar-refractivity contribution in [1.29, 1.82) is 0 Å². The molecule has 21 heavy (non-hydrogen) atoms. The number of nitrogens with zero attached hydrogens (tertiary/aromatic N) is 2. The highest BCUT2D eigenvalue weighted by Gasteiger charge is 2.16. The van der Waals surface area contributed by atoms with Crippen LogP contribution < -0.4 is 10.0 Å². The Morgan fingerprint density at radius 2 is 2.19 bits per heavy atom. The van der Waals surface area contributed by atoms with Gasteiger partial charge in [-0.25, -0.2) is 17.5 Å². The predicted octanol–water partition coefficient (Wildman–Crippen LogP) is 0.449. The van der Waals surface area contributed by atoms with Gasteiger partial charge in [0, 0.05) is 25.1 Å². The molecule has 1 aromatic carbocycles. The lowest BCUT2D eigenvalue weighted by atomic mass is 10.2. The van der Waals surface area contributed by atoms with Gasteiger partial charge in [-0.2, -0.15) is 4.98 Å². The van der Waals surface area contributed by atoms with Crippen LogP contribution in [0.1, 0.15) is 11.5 Å². The zero-order chi connectivity index (χ0) is 15.3. The lowest BCUT2D eigenvalue weighted by Gasteiger charge is -2.08. The van der Waals surface area contributed by atoms with Crippen LogP contribution in [0.15, 0.2) is 33.9 Å². The third-order valence-corrected chi connectivity index (χ3v) is 4.19. The average Bonchev–Trinajstić information content (AvgIpc) is 2.94. The Morgan fingerprint density at radius 3 is 2.86 bits per heavy atom. The number of nitrogens with one attached hydrogen (secondary N) is 2. The topological polar surface area (TPSA) is 97.1 Å². The fourth-order valence-corrected chi connectivity index (χ4v) is 2.81. The molecule has 114 valence electrons. The average molecular weight is 314 g/mol. The summed E-state index contributed by atoms with van der Waals surface area (Å²) in [5.74, 6) is -0.109. The molecule has 7 nitrogen and oxygen atoms in total. The Hall–Kier alpha value is -1.84. The molecule has 0 aliphatic carbocycles. The third kappa shape index (κ3) is 4.06. The summed E-state index contributed by atoms with van der Waals surface area (Å²) < 4.78 is 44.9. The molecule has 0 saturated carbocycles. The quantitative estimate of drug-likeness (QED) is 0.770. The van der Waals surface area contributed by atoms with Crippen molar-refractivity contribution in [1.82, 2.24) is 20.2 Å². The largest absolute Gasteiger partial charge is 0.340 e. The number of hydrogen-bond donors (Lipinski definition) is 2. The van der Waals surface area contributed by atoms with Gasteiger partial charge in [0.2, 0.25) is 15.9 Å². The second-order valence-electron chi connectivity index (χ2n) is 4.27. The van der Waals surface area contributed by atoms with Crippen molar-refractivity contribution in [3.8, 4) is 0 Å². The molecule has 1 aromatic heterocycles. The summed E-state index contributed by atoms with van der Waals surface area (Å²) in [6, 6.07) is 3.67. The minimum Gasteiger partial charge on any atom is -0.340 e. The first-order valence-corrected chi connectivity index (χ1v) is 7.69. The van der Waals surface area contributed by atoms with E-state index in [0.29, 0.717) is 5.89 Å². The summed E-state index contributed by atoms with van der Waals surface area (Å²) in [5, 5.41) is 6.21. The minimum atomic E-state index is -3.71. The Balaban J connectivity index is 2.06. The molecule has 0 unspecified atom stereocenters. The van der Waals surface area contributed by atoms with Crippen LogP contribution in [-0.4, -0.2) is 32.2 Å². The summed E-state index contributed by atoms with van der Waals surface area (Å²) in [7, 11) is -2.05.